The Morgan fingerprint density at radius 2 is 1.05 bits per heavy atom. The fourth-order valence-corrected chi connectivity index (χ4v) is 2.93. The second-order valence-corrected chi connectivity index (χ2v) is 6.81. The van der Waals surface area contributed by atoms with Crippen LogP contribution in [0, 0.1) is 0 Å². The molecule has 0 spiro atoms. The van der Waals surface area contributed by atoms with E-state index in [1.807, 2.05) is 0 Å². The van der Waals surface area contributed by atoms with Crippen LogP contribution in [0.25, 0.3) is 0 Å². The summed E-state index contributed by atoms with van der Waals surface area (Å²) >= 11 is 0. The molecule has 21 heavy (non-hydrogen) atoms. The zero-order valence-electron chi connectivity index (χ0n) is 15.2. The van der Waals surface area contributed by atoms with Crippen molar-refractivity contribution in [2.75, 3.05) is 19.6 Å². The van der Waals surface area contributed by atoms with Crippen LogP contribution in [0.3, 0.4) is 0 Å². The lowest BCUT2D eigenvalue weighted by molar-refractivity contribution is 0.249. The summed E-state index contributed by atoms with van der Waals surface area (Å²) in [6, 6.07) is 0.310. The third-order valence-corrected chi connectivity index (χ3v) is 4.20. The van der Waals surface area contributed by atoms with Crippen molar-refractivity contribution < 1.29 is 0 Å². The van der Waals surface area contributed by atoms with Gasteiger partial charge >= 0.3 is 0 Å². The van der Waals surface area contributed by atoms with E-state index in [1.54, 1.807) is 0 Å². The fourth-order valence-electron chi connectivity index (χ4n) is 2.93. The van der Waals surface area contributed by atoms with Crippen LogP contribution in [0.5, 0.6) is 0 Å². The molecule has 2 nitrogen and oxygen atoms in total. The lowest BCUT2D eigenvalue weighted by Crippen LogP contribution is -2.36. The van der Waals surface area contributed by atoms with Crippen molar-refractivity contribution in [1.29, 1.82) is 0 Å². The third kappa shape index (κ3) is 16.1. The summed E-state index contributed by atoms with van der Waals surface area (Å²) in [6.07, 6.45) is 16.7. The van der Waals surface area contributed by atoms with E-state index in [0.29, 0.717) is 6.04 Å². The first-order chi connectivity index (χ1) is 10.2. The Bertz CT molecular complexity index is 176. The van der Waals surface area contributed by atoms with Crippen LogP contribution in [-0.2, 0) is 0 Å². The number of nitrogens with two attached hydrogens (primary N) is 1. The zero-order valence-corrected chi connectivity index (χ0v) is 15.2. The van der Waals surface area contributed by atoms with Crippen LogP contribution in [0.15, 0.2) is 0 Å². The van der Waals surface area contributed by atoms with Gasteiger partial charge in [-0.1, -0.05) is 78.1 Å². The van der Waals surface area contributed by atoms with E-state index >= 15 is 0 Å². The predicted molar refractivity (Wildman–Crippen MR) is 96.8 cm³/mol. The Morgan fingerprint density at radius 1 is 0.667 bits per heavy atom. The maximum absolute atomic E-state index is 5.99. The molecule has 0 rings (SSSR count). The average Bonchev–Trinajstić information content (AvgIpc) is 2.45. The molecule has 0 radical (unpaired) electrons. The quantitative estimate of drug-likeness (QED) is 0.389. The molecule has 0 aromatic carbocycles. The van der Waals surface area contributed by atoms with Gasteiger partial charge in [-0.05, 0) is 32.9 Å². The van der Waals surface area contributed by atoms with Crippen molar-refractivity contribution >= 4 is 0 Å². The molecule has 0 aliphatic carbocycles. The Morgan fingerprint density at radius 3 is 1.43 bits per heavy atom. The van der Waals surface area contributed by atoms with Gasteiger partial charge in [-0.25, -0.2) is 0 Å². The fraction of sp³-hybridized carbons (Fsp3) is 1.00. The van der Waals surface area contributed by atoms with Gasteiger partial charge in [0, 0.05) is 12.6 Å². The van der Waals surface area contributed by atoms with Gasteiger partial charge in [0.2, 0.25) is 0 Å². The Labute approximate surface area is 134 Å². The lowest BCUT2D eigenvalue weighted by Gasteiger charge is -2.24. The number of rotatable bonds is 16. The lowest BCUT2D eigenvalue weighted by atomic mass is 10.1. The second-order valence-electron chi connectivity index (χ2n) is 6.81. The van der Waals surface area contributed by atoms with Crippen LogP contribution < -0.4 is 5.73 Å². The molecule has 1 unspecified atom stereocenters. The molecule has 128 valence electrons. The number of hydrogen-bond acceptors (Lipinski definition) is 2. The Hall–Kier alpha value is -0.0800. The first-order valence-corrected chi connectivity index (χ1v) is 9.68. The Balaban J connectivity index is 3.62. The summed E-state index contributed by atoms with van der Waals surface area (Å²) in [5, 5.41) is 0. The minimum absolute atomic E-state index is 0.310. The monoisotopic (exact) mass is 298 g/mol. The highest BCUT2D eigenvalue weighted by atomic mass is 15.1. The molecule has 0 fully saturated rings. The summed E-state index contributed by atoms with van der Waals surface area (Å²) in [6.45, 7) is 10.3. The average molecular weight is 299 g/mol. The molecular formula is C19H42N2. The van der Waals surface area contributed by atoms with Crippen LogP contribution in [0.2, 0.25) is 0 Å². The van der Waals surface area contributed by atoms with Gasteiger partial charge in [0.1, 0.15) is 0 Å². The molecule has 1 atom stereocenters. The summed E-state index contributed by atoms with van der Waals surface area (Å²) in [5.41, 5.74) is 5.99. The van der Waals surface area contributed by atoms with Gasteiger partial charge in [0.15, 0.2) is 0 Å². The SMILES string of the molecule is CCCCCCCCN(CCCCCCCC)CC(C)N. The summed E-state index contributed by atoms with van der Waals surface area (Å²) in [4.78, 5) is 2.60. The summed E-state index contributed by atoms with van der Waals surface area (Å²) < 4.78 is 0. The molecule has 0 saturated heterocycles. The third-order valence-electron chi connectivity index (χ3n) is 4.20. The molecule has 0 aromatic heterocycles. The van der Waals surface area contributed by atoms with E-state index in [2.05, 4.69) is 25.7 Å². The number of hydrogen-bond donors (Lipinski definition) is 1. The molecule has 2 N–H and O–H groups in total. The first kappa shape index (κ1) is 20.9. The largest absolute Gasteiger partial charge is 0.327 e. The zero-order chi connectivity index (χ0) is 15.8. The standard InChI is InChI=1S/C19H42N2/c1-4-6-8-10-12-14-16-21(18-19(3)20)17-15-13-11-9-7-5-2/h19H,4-18,20H2,1-3H3. The highest BCUT2D eigenvalue weighted by Gasteiger charge is 2.07. The van der Waals surface area contributed by atoms with Crippen LogP contribution >= 0.6 is 0 Å². The van der Waals surface area contributed by atoms with Crippen molar-refractivity contribution in [3.63, 3.8) is 0 Å². The Kier molecular flexibility index (Phi) is 16.2. The van der Waals surface area contributed by atoms with Gasteiger partial charge in [-0.3, -0.25) is 0 Å². The first-order valence-electron chi connectivity index (χ1n) is 9.68. The van der Waals surface area contributed by atoms with Gasteiger partial charge in [-0.2, -0.15) is 0 Å². The van der Waals surface area contributed by atoms with E-state index in [1.165, 1.54) is 90.1 Å². The van der Waals surface area contributed by atoms with E-state index in [-0.39, 0.29) is 0 Å². The van der Waals surface area contributed by atoms with Crippen molar-refractivity contribution in [1.82, 2.24) is 4.90 Å². The van der Waals surface area contributed by atoms with Crippen molar-refractivity contribution in [3.05, 3.63) is 0 Å². The van der Waals surface area contributed by atoms with Crippen LogP contribution in [-0.4, -0.2) is 30.6 Å². The molecule has 0 amide bonds. The van der Waals surface area contributed by atoms with Gasteiger partial charge < -0.3 is 10.6 Å². The van der Waals surface area contributed by atoms with Crippen LogP contribution in [0.1, 0.15) is 97.8 Å². The molecule has 0 aromatic rings. The molecule has 0 saturated carbocycles. The second kappa shape index (κ2) is 16.3. The van der Waals surface area contributed by atoms with E-state index in [0.717, 1.165) is 6.54 Å². The van der Waals surface area contributed by atoms with Crippen molar-refractivity contribution in [2.24, 2.45) is 5.73 Å². The minimum Gasteiger partial charge on any atom is -0.327 e. The summed E-state index contributed by atoms with van der Waals surface area (Å²) in [7, 11) is 0. The molecule has 0 bridgehead atoms. The highest BCUT2D eigenvalue weighted by Crippen LogP contribution is 2.09. The van der Waals surface area contributed by atoms with Crippen LogP contribution in [0.4, 0.5) is 0 Å². The topological polar surface area (TPSA) is 29.3 Å². The van der Waals surface area contributed by atoms with Gasteiger partial charge in [-0.15, -0.1) is 0 Å². The molecule has 0 aliphatic heterocycles. The number of unbranched alkanes of at least 4 members (excludes halogenated alkanes) is 10. The van der Waals surface area contributed by atoms with E-state index in [9.17, 15) is 0 Å². The minimum atomic E-state index is 0.310. The molecule has 0 heterocycles. The molecule has 2 heteroatoms. The maximum Gasteiger partial charge on any atom is 0.0139 e. The molecule has 0 aliphatic rings. The van der Waals surface area contributed by atoms with E-state index < -0.39 is 0 Å². The number of nitrogens with zero attached hydrogens (tertiary/aromatic N) is 1. The van der Waals surface area contributed by atoms with Crippen molar-refractivity contribution in [2.45, 2.75) is 104 Å². The van der Waals surface area contributed by atoms with Gasteiger partial charge in [0.05, 0.1) is 0 Å². The summed E-state index contributed by atoms with van der Waals surface area (Å²) in [5.74, 6) is 0. The normalized spacial score (nSPS) is 13.0. The maximum atomic E-state index is 5.99. The van der Waals surface area contributed by atoms with E-state index in [4.69, 9.17) is 5.73 Å². The highest BCUT2D eigenvalue weighted by molar-refractivity contribution is 4.65. The molecular weight excluding hydrogens is 256 g/mol. The van der Waals surface area contributed by atoms with Crippen molar-refractivity contribution in [3.8, 4) is 0 Å². The smallest absolute Gasteiger partial charge is 0.0139 e. The van der Waals surface area contributed by atoms with Gasteiger partial charge in [0.25, 0.3) is 0 Å². The predicted octanol–water partition coefficient (Wildman–Crippen LogP) is 5.36.